The van der Waals surface area contributed by atoms with Crippen molar-refractivity contribution < 1.29 is 29.3 Å². The molecule has 1 unspecified atom stereocenters. The molecule has 0 aromatic heterocycles. The van der Waals surface area contributed by atoms with Gasteiger partial charge in [0.2, 0.25) is 0 Å². The summed E-state index contributed by atoms with van der Waals surface area (Å²) in [5.74, 6) is 0.0405. The zero-order valence-corrected chi connectivity index (χ0v) is 23.7. The molecule has 4 fully saturated rings. The monoisotopic (exact) mass is 585 g/mol. The fourth-order valence-electron chi connectivity index (χ4n) is 8.72. The van der Waals surface area contributed by atoms with Crippen molar-refractivity contribution in [3.63, 3.8) is 0 Å². The fourth-order valence-corrected chi connectivity index (χ4v) is 9.12. The number of Topliss-reactive ketones (excluding diaryl/α,β-unsaturated/α-hetero) is 1. The molecule has 3 saturated carbocycles. The van der Waals surface area contributed by atoms with Gasteiger partial charge in [-0.2, -0.15) is 0 Å². The largest absolute Gasteiger partial charge is 0.393 e. The molecule has 204 valence electrons. The molecular formula is C30H36BrNO6. The Morgan fingerprint density at radius 2 is 2.08 bits per heavy atom. The topological polar surface area (TPSA) is 97.6 Å². The zero-order valence-electron chi connectivity index (χ0n) is 22.1. The standard InChI is InChI=1S/C30H36BrNO6/c1-17-37-26-13-22-21-9-8-19-12-20(32-36-16-18-6-4-5-7-23(18)31)10-11-28(19,2)27(21)24(34)14-29(22,3)30(26,38-17)25(35)15-33/h4-7,10-12,17,21-22,24,26-27,33-34H,8-9,13-16H2,1-3H3/b32-20+/t17?,21-,22-,24-,26+,27+,28-,29-,30+/m0/s1. The van der Waals surface area contributed by atoms with Gasteiger partial charge in [0.1, 0.15) is 18.9 Å². The van der Waals surface area contributed by atoms with Crippen molar-refractivity contribution in [3.05, 3.63) is 58.1 Å². The minimum atomic E-state index is -1.21. The number of fused-ring (bicyclic) bond motifs is 7. The predicted molar refractivity (Wildman–Crippen MR) is 145 cm³/mol. The highest BCUT2D eigenvalue weighted by molar-refractivity contribution is 9.10. The van der Waals surface area contributed by atoms with Crippen LogP contribution in [0.4, 0.5) is 0 Å². The molecule has 1 aromatic carbocycles. The smallest absolute Gasteiger partial charge is 0.193 e. The van der Waals surface area contributed by atoms with Gasteiger partial charge in [-0.3, -0.25) is 4.79 Å². The van der Waals surface area contributed by atoms with Crippen LogP contribution in [0.1, 0.15) is 52.0 Å². The zero-order chi connectivity index (χ0) is 26.9. The summed E-state index contributed by atoms with van der Waals surface area (Å²) < 4.78 is 13.4. The number of aliphatic hydroxyl groups excluding tert-OH is 2. The molecule has 0 bridgehead atoms. The second-order valence-electron chi connectivity index (χ2n) is 12.1. The lowest BCUT2D eigenvalue weighted by atomic mass is 9.46. The number of ketones is 1. The number of rotatable bonds is 5. The van der Waals surface area contributed by atoms with Crippen molar-refractivity contribution in [2.24, 2.45) is 33.7 Å². The number of aliphatic hydroxyl groups is 2. The number of halogens is 1. The maximum atomic E-state index is 13.2. The van der Waals surface area contributed by atoms with Gasteiger partial charge in [0.25, 0.3) is 0 Å². The predicted octanol–water partition coefficient (Wildman–Crippen LogP) is 4.70. The lowest BCUT2D eigenvalue weighted by molar-refractivity contribution is -0.196. The first kappa shape index (κ1) is 26.4. The average molecular weight is 587 g/mol. The Morgan fingerprint density at radius 1 is 1.29 bits per heavy atom. The van der Waals surface area contributed by atoms with Crippen LogP contribution in [0.15, 0.2) is 57.7 Å². The lowest BCUT2D eigenvalue weighted by Crippen LogP contribution is -2.63. The van der Waals surface area contributed by atoms with E-state index in [0.717, 1.165) is 28.6 Å². The van der Waals surface area contributed by atoms with Crippen LogP contribution in [0.3, 0.4) is 0 Å². The molecule has 2 N–H and O–H groups in total. The Balaban J connectivity index is 1.26. The average Bonchev–Trinajstić information content (AvgIpc) is 3.34. The van der Waals surface area contributed by atoms with Crippen LogP contribution in [-0.4, -0.2) is 52.4 Å². The van der Waals surface area contributed by atoms with Gasteiger partial charge in [0.15, 0.2) is 17.7 Å². The van der Waals surface area contributed by atoms with E-state index in [1.165, 1.54) is 5.57 Å². The van der Waals surface area contributed by atoms with Crippen LogP contribution in [0.2, 0.25) is 0 Å². The van der Waals surface area contributed by atoms with Crippen LogP contribution in [0, 0.1) is 28.6 Å². The van der Waals surface area contributed by atoms with Gasteiger partial charge in [0.05, 0.1) is 12.2 Å². The highest BCUT2D eigenvalue weighted by atomic mass is 79.9. The second-order valence-corrected chi connectivity index (χ2v) is 12.9. The number of hydrogen-bond donors (Lipinski definition) is 2. The van der Waals surface area contributed by atoms with E-state index < -0.39 is 36.1 Å². The number of allylic oxidation sites excluding steroid dienone is 4. The van der Waals surface area contributed by atoms with Gasteiger partial charge >= 0.3 is 0 Å². The summed E-state index contributed by atoms with van der Waals surface area (Å²) in [5.41, 5.74) is 0.938. The molecule has 1 aliphatic heterocycles. The summed E-state index contributed by atoms with van der Waals surface area (Å²) >= 11 is 3.55. The normalized spacial score (nSPS) is 44.2. The van der Waals surface area contributed by atoms with Crippen LogP contribution < -0.4 is 0 Å². The molecule has 0 spiro atoms. The van der Waals surface area contributed by atoms with E-state index in [9.17, 15) is 15.0 Å². The molecule has 0 amide bonds. The van der Waals surface area contributed by atoms with E-state index >= 15 is 0 Å². The minimum Gasteiger partial charge on any atom is -0.393 e. The highest BCUT2D eigenvalue weighted by Gasteiger charge is 2.75. The molecule has 5 aliphatic rings. The molecule has 9 atom stereocenters. The van der Waals surface area contributed by atoms with Crippen LogP contribution in [0.5, 0.6) is 0 Å². The molecule has 38 heavy (non-hydrogen) atoms. The van der Waals surface area contributed by atoms with Crippen LogP contribution >= 0.6 is 15.9 Å². The number of carbonyl (C=O) groups is 1. The maximum Gasteiger partial charge on any atom is 0.193 e. The molecule has 0 radical (unpaired) electrons. The maximum absolute atomic E-state index is 13.2. The Labute approximate surface area is 232 Å². The summed E-state index contributed by atoms with van der Waals surface area (Å²) in [6, 6.07) is 7.93. The third-order valence-electron chi connectivity index (χ3n) is 10.3. The molecule has 1 heterocycles. The van der Waals surface area contributed by atoms with E-state index in [1.807, 2.05) is 30.3 Å². The molecule has 1 aromatic rings. The number of ether oxygens (including phenoxy) is 2. The fraction of sp³-hybridized carbons (Fsp3) is 0.600. The van der Waals surface area contributed by atoms with E-state index in [4.69, 9.17) is 14.3 Å². The van der Waals surface area contributed by atoms with E-state index in [1.54, 1.807) is 6.92 Å². The number of oxime groups is 1. The Kier molecular flexibility index (Phi) is 6.51. The quantitative estimate of drug-likeness (QED) is 0.486. The first-order valence-corrected chi connectivity index (χ1v) is 14.4. The van der Waals surface area contributed by atoms with Crippen molar-refractivity contribution in [3.8, 4) is 0 Å². The Hall–Kier alpha value is -1.84. The summed E-state index contributed by atoms with van der Waals surface area (Å²) in [6.45, 7) is 5.89. The summed E-state index contributed by atoms with van der Waals surface area (Å²) in [4.78, 5) is 18.9. The molecule has 4 aliphatic carbocycles. The molecule has 7 nitrogen and oxygen atoms in total. The van der Waals surface area contributed by atoms with Crippen molar-refractivity contribution in [2.45, 2.75) is 77.2 Å². The van der Waals surface area contributed by atoms with Crippen LogP contribution in [0.25, 0.3) is 0 Å². The number of benzene rings is 1. The van der Waals surface area contributed by atoms with E-state index in [-0.39, 0.29) is 29.0 Å². The summed E-state index contributed by atoms with van der Waals surface area (Å²) in [5, 5.41) is 26.0. The Morgan fingerprint density at radius 3 is 2.84 bits per heavy atom. The van der Waals surface area contributed by atoms with Crippen LogP contribution in [-0.2, 0) is 25.7 Å². The summed E-state index contributed by atoms with van der Waals surface area (Å²) in [6.07, 6.45) is 7.71. The van der Waals surface area contributed by atoms with Gasteiger partial charge < -0.3 is 24.5 Å². The molecular weight excluding hydrogens is 550 g/mol. The SMILES string of the molecule is CC1O[C@@H]2C[C@H]3[C@@H]4CCC5=C/C(=N/OCc6ccccc6Br)C=C[C@]5(C)[C@H]4[C@@H](O)C[C@]3(C)[C@]2(C(=O)CO)O1. The van der Waals surface area contributed by atoms with Crippen molar-refractivity contribution in [1.82, 2.24) is 0 Å². The third-order valence-corrected chi connectivity index (χ3v) is 11.1. The highest BCUT2D eigenvalue weighted by Crippen LogP contribution is 2.69. The van der Waals surface area contributed by atoms with E-state index in [0.29, 0.717) is 19.4 Å². The van der Waals surface area contributed by atoms with Crippen molar-refractivity contribution >= 4 is 27.4 Å². The Bertz CT molecular complexity index is 1230. The van der Waals surface area contributed by atoms with Crippen molar-refractivity contribution in [1.29, 1.82) is 0 Å². The van der Waals surface area contributed by atoms with Gasteiger partial charge in [-0.15, -0.1) is 0 Å². The lowest BCUT2D eigenvalue weighted by Gasteiger charge is -2.59. The van der Waals surface area contributed by atoms with Gasteiger partial charge in [-0.05, 0) is 62.7 Å². The van der Waals surface area contributed by atoms with Gasteiger partial charge in [-0.25, -0.2) is 0 Å². The number of hydrogen-bond acceptors (Lipinski definition) is 7. The number of carbonyl (C=O) groups excluding carboxylic acids is 1. The minimum absolute atomic E-state index is 0.0112. The van der Waals surface area contributed by atoms with Crippen molar-refractivity contribution in [2.75, 3.05) is 6.61 Å². The molecule has 8 heteroatoms. The summed E-state index contributed by atoms with van der Waals surface area (Å²) in [7, 11) is 0. The van der Waals surface area contributed by atoms with Gasteiger partial charge in [-0.1, -0.05) is 64.8 Å². The number of nitrogens with zero attached hydrogens (tertiary/aromatic N) is 1. The second kappa shape index (κ2) is 9.37. The first-order chi connectivity index (χ1) is 18.1. The molecule has 1 saturated heterocycles. The molecule has 6 rings (SSSR count). The third kappa shape index (κ3) is 3.67. The van der Waals surface area contributed by atoms with E-state index in [2.05, 4.69) is 47.1 Å². The first-order valence-electron chi connectivity index (χ1n) is 13.6. The van der Waals surface area contributed by atoms with Gasteiger partial charge in [0, 0.05) is 26.8 Å².